The fraction of sp³-hybridized carbons (Fsp3) is 0.636. The number of anilines is 2. The molecule has 0 unspecified atom stereocenters. The maximum atomic E-state index is 5.87. The van der Waals surface area contributed by atoms with Crippen LogP contribution in [0.2, 0.25) is 5.28 Å². The van der Waals surface area contributed by atoms with Crippen LogP contribution in [0.15, 0.2) is 6.20 Å². The van der Waals surface area contributed by atoms with Gasteiger partial charge in [-0.05, 0) is 17.5 Å². The van der Waals surface area contributed by atoms with E-state index in [0.717, 1.165) is 13.1 Å². The summed E-state index contributed by atoms with van der Waals surface area (Å²) in [4.78, 5) is 10.1. The summed E-state index contributed by atoms with van der Waals surface area (Å²) in [6.45, 7) is 6.47. The van der Waals surface area contributed by atoms with Crippen LogP contribution >= 0.6 is 11.6 Å². The molecule has 0 amide bonds. The number of halogens is 1. The van der Waals surface area contributed by atoms with Crippen molar-refractivity contribution in [2.75, 3.05) is 37.4 Å². The van der Waals surface area contributed by atoms with Crippen LogP contribution in [0.4, 0.5) is 11.5 Å². The molecule has 0 saturated carbocycles. The van der Waals surface area contributed by atoms with Gasteiger partial charge in [-0.25, -0.2) is 4.98 Å². The zero-order valence-electron chi connectivity index (χ0n) is 10.5. The molecule has 0 aliphatic carbocycles. The van der Waals surface area contributed by atoms with Crippen molar-refractivity contribution in [3.63, 3.8) is 0 Å². The second-order valence-electron chi connectivity index (χ2n) is 4.25. The van der Waals surface area contributed by atoms with Gasteiger partial charge in [-0.2, -0.15) is 4.98 Å². The first kappa shape index (κ1) is 14.0. The van der Waals surface area contributed by atoms with E-state index in [9.17, 15) is 0 Å². The van der Waals surface area contributed by atoms with E-state index in [1.54, 1.807) is 7.11 Å². The molecular weight excluding hydrogens is 240 g/mol. The molecule has 0 aliphatic heterocycles. The van der Waals surface area contributed by atoms with E-state index >= 15 is 0 Å². The molecule has 0 aromatic carbocycles. The van der Waals surface area contributed by atoms with Gasteiger partial charge in [0.1, 0.15) is 0 Å². The summed E-state index contributed by atoms with van der Waals surface area (Å²) in [6, 6.07) is 0. The van der Waals surface area contributed by atoms with E-state index in [1.165, 1.54) is 6.20 Å². The maximum absolute atomic E-state index is 5.87. The van der Waals surface area contributed by atoms with Crippen LogP contribution in [0.5, 0.6) is 0 Å². The third-order valence-corrected chi connectivity index (χ3v) is 2.40. The minimum atomic E-state index is 0.209. The Labute approximate surface area is 107 Å². The zero-order chi connectivity index (χ0) is 12.8. The number of hydrogen-bond acceptors (Lipinski definition) is 5. The van der Waals surface area contributed by atoms with Crippen LogP contribution in [-0.2, 0) is 4.74 Å². The summed E-state index contributed by atoms with van der Waals surface area (Å²) in [5.41, 5.74) is 6.41. The molecule has 1 heterocycles. The average molecular weight is 259 g/mol. The van der Waals surface area contributed by atoms with Crippen molar-refractivity contribution in [1.29, 1.82) is 0 Å². The first-order chi connectivity index (χ1) is 8.04. The Kier molecular flexibility index (Phi) is 5.44. The van der Waals surface area contributed by atoms with Gasteiger partial charge in [0.25, 0.3) is 0 Å². The van der Waals surface area contributed by atoms with Crippen molar-refractivity contribution in [3.05, 3.63) is 11.5 Å². The van der Waals surface area contributed by atoms with E-state index in [4.69, 9.17) is 22.1 Å². The molecule has 0 fully saturated rings. The van der Waals surface area contributed by atoms with Crippen molar-refractivity contribution >= 4 is 23.1 Å². The number of ether oxygens (including phenoxy) is 1. The van der Waals surface area contributed by atoms with Crippen LogP contribution in [0.1, 0.15) is 13.8 Å². The number of rotatable bonds is 6. The summed E-state index contributed by atoms with van der Waals surface area (Å²) in [5, 5.41) is 0.209. The van der Waals surface area contributed by atoms with E-state index in [1.807, 2.05) is 0 Å². The highest BCUT2D eigenvalue weighted by molar-refractivity contribution is 6.28. The predicted octanol–water partition coefficient (Wildman–Crippen LogP) is 1.82. The normalized spacial score (nSPS) is 10.9. The van der Waals surface area contributed by atoms with Crippen LogP contribution < -0.4 is 10.6 Å². The lowest BCUT2D eigenvalue weighted by Crippen LogP contribution is -2.32. The standard InChI is InChI=1S/C11H19ClN4O/c1-8(2)7-16(4-5-17-3)10-9(13)6-14-11(12)15-10/h6,8H,4-5,7,13H2,1-3H3. The van der Waals surface area contributed by atoms with Crippen LogP contribution in [0.3, 0.4) is 0 Å². The molecule has 0 radical (unpaired) electrons. The smallest absolute Gasteiger partial charge is 0.224 e. The van der Waals surface area contributed by atoms with Crippen LogP contribution in [0.25, 0.3) is 0 Å². The summed E-state index contributed by atoms with van der Waals surface area (Å²) < 4.78 is 5.09. The molecule has 0 spiro atoms. The van der Waals surface area contributed by atoms with Gasteiger partial charge in [0.15, 0.2) is 5.82 Å². The molecule has 0 atom stereocenters. The van der Waals surface area contributed by atoms with E-state index in [2.05, 4.69) is 28.7 Å². The van der Waals surface area contributed by atoms with Crippen molar-refractivity contribution in [2.24, 2.45) is 5.92 Å². The highest BCUT2D eigenvalue weighted by Gasteiger charge is 2.14. The number of aromatic nitrogens is 2. The van der Waals surface area contributed by atoms with Crippen molar-refractivity contribution in [2.45, 2.75) is 13.8 Å². The van der Waals surface area contributed by atoms with E-state index in [-0.39, 0.29) is 5.28 Å². The van der Waals surface area contributed by atoms with Gasteiger partial charge in [0, 0.05) is 20.2 Å². The fourth-order valence-corrected chi connectivity index (χ4v) is 1.67. The van der Waals surface area contributed by atoms with Crippen LogP contribution in [0, 0.1) is 5.92 Å². The lowest BCUT2D eigenvalue weighted by molar-refractivity contribution is 0.204. The molecule has 0 aliphatic rings. The molecule has 6 heteroatoms. The quantitative estimate of drug-likeness (QED) is 0.789. The average Bonchev–Trinajstić information content (AvgIpc) is 2.27. The van der Waals surface area contributed by atoms with Crippen molar-refractivity contribution in [3.8, 4) is 0 Å². The Morgan fingerprint density at radius 3 is 2.82 bits per heavy atom. The summed E-state index contributed by atoms with van der Waals surface area (Å²) in [5.74, 6) is 1.18. The molecule has 1 aromatic rings. The highest BCUT2D eigenvalue weighted by Crippen LogP contribution is 2.21. The molecule has 1 aromatic heterocycles. The summed E-state index contributed by atoms with van der Waals surface area (Å²) >= 11 is 5.80. The van der Waals surface area contributed by atoms with Gasteiger partial charge in [0.05, 0.1) is 18.5 Å². The monoisotopic (exact) mass is 258 g/mol. The third-order valence-electron chi connectivity index (χ3n) is 2.22. The number of methoxy groups -OCH3 is 1. The number of hydrogen-bond donors (Lipinski definition) is 1. The Morgan fingerprint density at radius 2 is 2.24 bits per heavy atom. The zero-order valence-corrected chi connectivity index (χ0v) is 11.2. The summed E-state index contributed by atoms with van der Waals surface area (Å²) in [6.07, 6.45) is 1.53. The molecule has 1 rings (SSSR count). The Balaban J connectivity index is 2.90. The fourth-order valence-electron chi connectivity index (χ4n) is 1.54. The van der Waals surface area contributed by atoms with Crippen LogP contribution in [-0.4, -0.2) is 36.8 Å². The highest BCUT2D eigenvalue weighted by atomic mass is 35.5. The maximum Gasteiger partial charge on any atom is 0.224 e. The Bertz CT molecular complexity index is 359. The third kappa shape index (κ3) is 4.36. The number of nitrogens with two attached hydrogens (primary N) is 1. The van der Waals surface area contributed by atoms with Crippen molar-refractivity contribution < 1.29 is 4.74 Å². The largest absolute Gasteiger partial charge is 0.394 e. The SMILES string of the molecule is COCCN(CC(C)C)c1nc(Cl)ncc1N. The predicted molar refractivity (Wildman–Crippen MR) is 70.4 cm³/mol. The van der Waals surface area contributed by atoms with Gasteiger partial charge in [-0.15, -0.1) is 0 Å². The molecule has 0 saturated heterocycles. The minimum absolute atomic E-state index is 0.209. The first-order valence-corrected chi connectivity index (χ1v) is 5.94. The molecule has 2 N–H and O–H groups in total. The lowest BCUT2D eigenvalue weighted by atomic mass is 10.2. The van der Waals surface area contributed by atoms with Gasteiger partial charge in [-0.1, -0.05) is 13.8 Å². The lowest BCUT2D eigenvalue weighted by Gasteiger charge is -2.26. The van der Waals surface area contributed by atoms with E-state index in [0.29, 0.717) is 24.0 Å². The Hall–Kier alpha value is -1.07. The molecule has 0 bridgehead atoms. The van der Waals surface area contributed by atoms with E-state index < -0.39 is 0 Å². The molecular formula is C11H19ClN4O. The molecule has 5 nitrogen and oxygen atoms in total. The minimum Gasteiger partial charge on any atom is -0.394 e. The van der Waals surface area contributed by atoms with Gasteiger partial charge in [0.2, 0.25) is 5.28 Å². The topological polar surface area (TPSA) is 64.3 Å². The summed E-state index contributed by atoms with van der Waals surface area (Å²) in [7, 11) is 1.67. The Morgan fingerprint density at radius 1 is 1.53 bits per heavy atom. The number of nitrogen functional groups attached to an aromatic ring is 1. The van der Waals surface area contributed by atoms with Crippen molar-refractivity contribution in [1.82, 2.24) is 9.97 Å². The number of nitrogens with zero attached hydrogens (tertiary/aromatic N) is 3. The first-order valence-electron chi connectivity index (χ1n) is 5.56. The molecule has 96 valence electrons. The molecule has 17 heavy (non-hydrogen) atoms. The second-order valence-corrected chi connectivity index (χ2v) is 4.59. The second kappa shape index (κ2) is 6.61. The van der Waals surface area contributed by atoms with Gasteiger partial charge in [-0.3, -0.25) is 0 Å². The van der Waals surface area contributed by atoms with Gasteiger partial charge >= 0.3 is 0 Å². The van der Waals surface area contributed by atoms with Gasteiger partial charge < -0.3 is 15.4 Å².